The zero-order chi connectivity index (χ0) is 13.0. The monoisotopic (exact) mass is 268 g/mol. The number of nitrogens with one attached hydrogen (secondary N) is 1. The number of aromatic nitrogens is 2. The van der Waals surface area contributed by atoms with Gasteiger partial charge in [-0.15, -0.1) is 10.2 Å². The van der Waals surface area contributed by atoms with Gasteiger partial charge in [0.15, 0.2) is 0 Å². The minimum atomic E-state index is 0.501. The van der Waals surface area contributed by atoms with Crippen LogP contribution in [0.5, 0.6) is 0 Å². The Balaban J connectivity index is 1.78. The Morgan fingerprint density at radius 2 is 2.11 bits per heavy atom. The van der Waals surface area contributed by atoms with Crippen molar-refractivity contribution in [2.45, 2.75) is 46.1 Å². The molecule has 102 valence electrons. The van der Waals surface area contributed by atoms with E-state index in [0.29, 0.717) is 6.04 Å². The predicted octanol–water partition coefficient (Wildman–Crippen LogP) is 2.77. The van der Waals surface area contributed by atoms with E-state index in [-0.39, 0.29) is 0 Å². The lowest BCUT2D eigenvalue weighted by Crippen LogP contribution is -2.39. The molecule has 18 heavy (non-hydrogen) atoms. The van der Waals surface area contributed by atoms with Crippen molar-refractivity contribution >= 4 is 16.5 Å². The van der Waals surface area contributed by atoms with Crippen LogP contribution in [0.15, 0.2) is 0 Å². The fourth-order valence-electron chi connectivity index (χ4n) is 2.66. The maximum atomic E-state index is 4.14. The first kappa shape index (κ1) is 13.7. The average molecular weight is 268 g/mol. The highest BCUT2D eigenvalue weighted by molar-refractivity contribution is 7.15. The molecule has 1 aliphatic rings. The van der Waals surface area contributed by atoms with Crippen LogP contribution in [0.2, 0.25) is 0 Å². The van der Waals surface area contributed by atoms with Crippen LogP contribution in [-0.4, -0.2) is 40.8 Å². The molecule has 1 aromatic rings. The van der Waals surface area contributed by atoms with Gasteiger partial charge in [-0.05, 0) is 58.7 Å². The van der Waals surface area contributed by atoms with E-state index < -0.39 is 0 Å². The zero-order valence-electron chi connectivity index (χ0n) is 11.6. The molecule has 4 nitrogen and oxygen atoms in total. The number of likely N-dealkylation sites (tertiary alicyclic amines) is 1. The highest BCUT2D eigenvalue weighted by Gasteiger charge is 2.23. The van der Waals surface area contributed by atoms with Gasteiger partial charge in [0, 0.05) is 6.04 Å². The van der Waals surface area contributed by atoms with Crippen molar-refractivity contribution in [2.24, 2.45) is 5.92 Å². The quantitative estimate of drug-likeness (QED) is 0.891. The summed E-state index contributed by atoms with van der Waals surface area (Å²) in [6.45, 7) is 10.3. The minimum Gasteiger partial charge on any atom is -0.357 e. The first-order valence-corrected chi connectivity index (χ1v) is 7.79. The minimum absolute atomic E-state index is 0.501. The number of hydrogen-bond acceptors (Lipinski definition) is 5. The molecule has 0 radical (unpaired) electrons. The van der Waals surface area contributed by atoms with Crippen LogP contribution in [0.3, 0.4) is 0 Å². The zero-order valence-corrected chi connectivity index (χ0v) is 12.5. The molecule has 0 amide bonds. The third-order valence-electron chi connectivity index (χ3n) is 3.76. The van der Waals surface area contributed by atoms with E-state index >= 15 is 0 Å². The van der Waals surface area contributed by atoms with E-state index in [0.717, 1.165) is 16.1 Å². The predicted molar refractivity (Wildman–Crippen MR) is 77.2 cm³/mol. The number of aryl methyl sites for hydroxylation is 1. The SMILES string of the molecule is CCCN1CCC(C(C)Nc2nnc(C)s2)CC1. The summed E-state index contributed by atoms with van der Waals surface area (Å²) in [4.78, 5) is 2.58. The second-order valence-corrected chi connectivity index (χ2v) is 6.42. The van der Waals surface area contributed by atoms with E-state index in [1.54, 1.807) is 11.3 Å². The highest BCUT2D eigenvalue weighted by Crippen LogP contribution is 2.24. The molecule has 1 fully saturated rings. The molecular formula is C13H24N4S. The number of piperidine rings is 1. The van der Waals surface area contributed by atoms with E-state index in [1.807, 2.05) is 6.92 Å². The number of anilines is 1. The van der Waals surface area contributed by atoms with Crippen molar-refractivity contribution in [3.05, 3.63) is 5.01 Å². The highest BCUT2D eigenvalue weighted by atomic mass is 32.1. The summed E-state index contributed by atoms with van der Waals surface area (Å²) in [5.74, 6) is 0.766. The normalized spacial score (nSPS) is 19.9. The lowest BCUT2D eigenvalue weighted by atomic mass is 9.90. The van der Waals surface area contributed by atoms with E-state index in [9.17, 15) is 0 Å². The molecule has 2 rings (SSSR count). The van der Waals surface area contributed by atoms with Crippen molar-refractivity contribution in [1.29, 1.82) is 0 Å². The summed E-state index contributed by atoms with van der Waals surface area (Å²) in [5.41, 5.74) is 0. The molecule has 1 saturated heterocycles. The Morgan fingerprint density at radius 3 is 2.67 bits per heavy atom. The largest absolute Gasteiger partial charge is 0.357 e. The van der Waals surface area contributed by atoms with Gasteiger partial charge >= 0.3 is 0 Å². The molecule has 0 aliphatic carbocycles. The van der Waals surface area contributed by atoms with Gasteiger partial charge in [0.25, 0.3) is 0 Å². The summed E-state index contributed by atoms with van der Waals surface area (Å²) < 4.78 is 0. The Hall–Kier alpha value is -0.680. The molecule has 1 unspecified atom stereocenters. The van der Waals surface area contributed by atoms with Crippen molar-refractivity contribution in [2.75, 3.05) is 25.0 Å². The molecular weight excluding hydrogens is 244 g/mol. The van der Waals surface area contributed by atoms with Crippen molar-refractivity contribution in [3.8, 4) is 0 Å². The third kappa shape index (κ3) is 3.65. The Morgan fingerprint density at radius 1 is 1.39 bits per heavy atom. The summed E-state index contributed by atoms with van der Waals surface area (Å²) in [6.07, 6.45) is 3.86. The molecule has 1 aromatic heterocycles. The van der Waals surface area contributed by atoms with Crippen LogP contribution >= 0.6 is 11.3 Å². The molecule has 5 heteroatoms. The fraction of sp³-hybridized carbons (Fsp3) is 0.846. The van der Waals surface area contributed by atoms with Crippen LogP contribution in [0.1, 0.15) is 38.1 Å². The number of nitrogens with zero attached hydrogens (tertiary/aromatic N) is 3. The van der Waals surface area contributed by atoms with E-state index in [4.69, 9.17) is 0 Å². The lowest BCUT2D eigenvalue weighted by molar-refractivity contribution is 0.176. The topological polar surface area (TPSA) is 41.0 Å². The Kier molecular flexibility index (Phi) is 4.95. The van der Waals surface area contributed by atoms with Crippen molar-refractivity contribution < 1.29 is 0 Å². The van der Waals surface area contributed by atoms with Crippen LogP contribution in [-0.2, 0) is 0 Å². The average Bonchev–Trinajstić information content (AvgIpc) is 2.76. The molecule has 1 N–H and O–H groups in total. The Bertz CT molecular complexity index is 358. The van der Waals surface area contributed by atoms with E-state index in [2.05, 4.69) is 34.3 Å². The number of rotatable bonds is 5. The summed E-state index contributed by atoms with van der Waals surface area (Å²) in [7, 11) is 0. The molecule has 0 saturated carbocycles. The molecule has 0 aromatic carbocycles. The summed E-state index contributed by atoms with van der Waals surface area (Å²) in [5, 5.41) is 13.7. The van der Waals surface area contributed by atoms with Gasteiger partial charge in [0.05, 0.1) is 0 Å². The van der Waals surface area contributed by atoms with Gasteiger partial charge in [-0.2, -0.15) is 0 Å². The maximum Gasteiger partial charge on any atom is 0.205 e. The molecule has 2 heterocycles. The maximum absolute atomic E-state index is 4.14. The lowest BCUT2D eigenvalue weighted by Gasteiger charge is -2.34. The third-order valence-corrected chi connectivity index (χ3v) is 4.53. The summed E-state index contributed by atoms with van der Waals surface area (Å²) >= 11 is 1.64. The van der Waals surface area contributed by atoms with Crippen LogP contribution in [0.25, 0.3) is 0 Å². The van der Waals surface area contributed by atoms with Crippen LogP contribution < -0.4 is 5.32 Å². The second-order valence-electron chi connectivity index (χ2n) is 5.24. The first-order valence-electron chi connectivity index (χ1n) is 6.98. The molecule has 1 aliphatic heterocycles. The van der Waals surface area contributed by atoms with Gasteiger partial charge in [-0.3, -0.25) is 0 Å². The fourth-order valence-corrected chi connectivity index (χ4v) is 3.35. The van der Waals surface area contributed by atoms with E-state index in [1.165, 1.54) is 38.9 Å². The summed E-state index contributed by atoms with van der Waals surface area (Å²) in [6, 6.07) is 0.501. The van der Waals surface area contributed by atoms with Crippen LogP contribution in [0.4, 0.5) is 5.13 Å². The standard InChI is InChI=1S/C13H24N4S/c1-4-7-17-8-5-12(6-9-17)10(2)14-13-16-15-11(3)18-13/h10,12H,4-9H2,1-3H3,(H,14,16). The van der Waals surface area contributed by atoms with Gasteiger partial charge in [0.1, 0.15) is 5.01 Å². The molecule has 0 spiro atoms. The Labute approximate surface area is 114 Å². The number of hydrogen-bond donors (Lipinski definition) is 1. The van der Waals surface area contributed by atoms with Gasteiger partial charge < -0.3 is 10.2 Å². The van der Waals surface area contributed by atoms with Crippen molar-refractivity contribution in [3.63, 3.8) is 0 Å². The van der Waals surface area contributed by atoms with Gasteiger partial charge in [-0.1, -0.05) is 18.3 Å². The van der Waals surface area contributed by atoms with Crippen LogP contribution in [0, 0.1) is 12.8 Å². The molecule has 1 atom stereocenters. The second kappa shape index (κ2) is 6.48. The molecule has 0 bridgehead atoms. The smallest absolute Gasteiger partial charge is 0.205 e. The van der Waals surface area contributed by atoms with Crippen molar-refractivity contribution in [1.82, 2.24) is 15.1 Å². The first-order chi connectivity index (χ1) is 8.69. The van der Waals surface area contributed by atoms with Gasteiger partial charge in [-0.25, -0.2) is 0 Å². The van der Waals surface area contributed by atoms with Gasteiger partial charge in [0.2, 0.25) is 5.13 Å².